The summed E-state index contributed by atoms with van der Waals surface area (Å²) in [5.74, 6) is -0.383. The van der Waals surface area contributed by atoms with Crippen molar-refractivity contribution < 1.29 is 9.90 Å². The fourth-order valence-electron chi connectivity index (χ4n) is 1.99. The number of nitrogens with one attached hydrogen (secondary N) is 1. The van der Waals surface area contributed by atoms with Gasteiger partial charge in [-0.1, -0.05) is 6.92 Å². The van der Waals surface area contributed by atoms with E-state index in [9.17, 15) is 9.59 Å². The smallest absolute Gasteiger partial charge is 0.317 e. The lowest BCUT2D eigenvalue weighted by Crippen LogP contribution is -2.37. The number of thiophene rings is 1. The molecule has 7 heteroatoms. The van der Waals surface area contributed by atoms with E-state index >= 15 is 0 Å². The van der Waals surface area contributed by atoms with Crippen molar-refractivity contribution >= 4 is 27.5 Å². The number of H-pyrrole nitrogens is 1. The van der Waals surface area contributed by atoms with Crippen LogP contribution in [0.15, 0.2) is 16.2 Å². The monoisotopic (exact) mass is 295 g/mol. The van der Waals surface area contributed by atoms with Crippen molar-refractivity contribution in [3.8, 4) is 0 Å². The maximum atomic E-state index is 11.9. The minimum Gasteiger partial charge on any atom is -0.480 e. The molecule has 2 heterocycles. The van der Waals surface area contributed by atoms with Gasteiger partial charge < -0.3 is 10.1 Å². The van der Waals surface area contributed by atoms with E-state index in [-0.39, 0.29) is 18.1 Å². The van der Waals surface area contributed by atoms with Crippen LogP contribution in [0.4, 0.5) is 0 Å². The summed E-state index contributed by atoms with van der Waals surface area (Å²) in [7, 11) is 0. The van der Waals surface area contributed by atoms with Gasteiger partial charge in [-0.2, -0.15) is 0 Å². The topological polar surface area (TPSA) is 86.3 Å². The molecule has 0 aliphatic carbocycles. The second-order valence-corrected chi connectivity index (χ2v) is 5.62. The van der Waals surface area contributed by atoms with Crippen LogP contribution in [0.5, 0.6) is 0 Å². The van der Waals surface area contributed by atoms with Crippen molar-refractivity contribution in [3.63, 3.8) is 0 Å². The van der Waals surface area contributed by atoms with Gasteiger partial charge in [0.2, 0.25) is 0 Å². The van der Waals surface area contributed by atoms with Gasteiger partial charge in [0.15, 0.2) is 0 Å². The Bertz CT molecular complexity index is 664. The van der Waals surface area contributed by atoms with Crippen molar-refractivity contribution in [2.75, 3.05) is 6.54 Å². The number of aromatic amines is 1. The van der Waals surface area contributed by atoms with Crippen LogP contribution < -0.4 is 5.56 Å². The fraction of sp³-hybridized carbons (Fsp3) is 0.462. The van der Waals surface area contributed by atoms with Crippen LogP contribution in [0.2, 0.25) is 0 Å². The Hall–Kier alpha value is -1.73. The molecule has 0 aromatic carbocycles. The molecular formula is C13H17N3O3S. The van der Waals surface area contributed by atoms with Crippen LogP contribution >= 0.6 is 11.3 Å². The first-order valence-corrected chi connectivity index (χ1v) is 7.31. The number of fused-ring (bicyclic) bond motifs is 1. The lowest BCUT2D eigenvalue weighted by atomic mass is 10.2. The minimum absolute atomic E-state index is 0.0691. The van der Waals surface area contributed by atoms with Gasteiger partial charge in [0, 0.05) is 6.04 Å². The highest BCUT2D eigenvalue weighted by molar-refractivity contribution is 7.17. The number of hydrogen-bond acceptors (Lipinski definition) is 5. The molecule has 108 valence electrons. The molecule has 0 radical (unpaired) electrons. The second kappa shape index (κ2) is 6.15. The molecule has 2 rings (SSSR count). The van der Waals surface area contributed by atoms with E-state index in [2.05, 4.69) is 9.97 Å². The minimum atomic E-state index is -0.885. The lowest BCUT2D eigenvalue weighted by Gasteiger charge is -2.25. The number of carboxylic acids is 1. The Morgan fingerprint density at radius 3 is 3.00 bits per heavy atom. The maximum absolute atomic E-state index is 11.9. The molecule has 6 nitrogen and oxygen atoms in total. The van der Waals surface area contributed by atoms with Crippen LogP contribution in [0.25, 0.3) is 10.2 Å². The van der Waals surface area contributed by atoms with Gasteiger partial charge in [0.05, 0.1) is 18.6 Å². The van der Waals surface area contributed by atoms with Gasteiger partial charge in [0.25, 0.3) is 5.56 Å². The summed E-state index contributed by atoms with van der Waals surface area (Å²) >= 11 is 1.35. The van der Waals surface area contributed by atoms with Crippen LogP contribution in [0.3, 0.4) is 0 Å². The Morgan fingerprint density at radius 1 is 1.60 bits per heavy atom. The van der Waals surface area contributed by atoms with E-state index in [1.165, 1.54) is 11.3 Å². The second-order valence-electron chi connectivity index (χ2n) is 4.70. The largest absolute Gasteiger partial charge is 0.480 e. The van der Waals surface area contributed by atoms with Gasteiger partial charge in [-0.3, -0.25) is 14.5 Å². The fourth-order valence-corrected chi connectivity index (χ4v) is 2.71. The molecule has 0 aliphatic rings. The SMILES string of the molecule is CCC(C)N(CC(=O)O)Cc1nc2ccsc2c(=O)[nH]1. The highest BCUT2D eigenvalue weighted by Gasteiger charge is 2.17. The van der Waals surface area contributed by atoms with Crippen LogP contribution in [-0.4, -0.2) is 38.5 Å². The van der Waals surface area contributed by atoms with Crippen LogP contribution in [0, 0.1) is 0 Å². The third-order valence-corrected chi connectivity index (χ3v) is 4.17. The van der Waals surface area contributed by atoms with Gasteiger partial charge >= 0.3 is 5.97 Å². The third kappa shape index (κ3) is 3.23. The maximum Gasteiger partial charge on any atom is 0.317 e. The Kier molecular flexibility index (Phi) is 4.51. The molecule has 1 atom stereocenters. The van der Waals surface area contributed by atoms with Crippen molar-refractivity contribution in [2.24, 2.45) is 0 Å². The summed E-state index contributed by atoms with van der Waals surface area (Å²) in [5, 5.41) is 10.8. The molecule has 0 saturated heterocycles. The zero-order chi connectivity index (χ0) is 14.7. The van der Waals surface area contributed by atoms with E-state index in [4.69, 9.17) is 5.11 Å². The Labute approximate surface area is 120 Å². The van der Waals surface area contributed by atoms with E-state index in [1.54, 1.807) is 11.0 Å². The molecule has 0 fully saturated rings. The molecule has 2 aromatic heterocycles. The van der Waals surface area contributed by atoms with Gasteiger partial charge in [0.1, 0.15) is 10.5 Å². The van der Waals surface area contributed by atoms with Crippen molar-refractivity contribution in [3.05, 3.63) is 27.6 Å². The summed E-state index contributed by atoms with van der Waals surface area (Å²) in [6.45, 7) is 4.21. The van der Waals surface area contributed by atoms with Gasteiger partial charge in [-0.25, -0.2) is 4.98 Å². The zero-order valence-corrected chi connectivity index (χ0v) is 12.2. The van der Waals surface area contributed by atoms with Crippen molar-refractivity contribution in [1.29, 1.82) is 0 Å². The molecule has 2 aromatic rings. The standard InChI is InChI=1S/C13H17N3O3S/c1-3-8(2)16(7-11(17)18)6-10-14-9-4-5-20-12(9)13(19)15-10/h4-5,8H,3,6-7H2,1-2H3,(H,17,18)(H,14,15,19). The average Bonchev–Trinajstić information content (AvgIpc) is 2.85. The number of aliphatic carboxylic acids is 1. The zero-order valence-electron chi connectivity index (χ0n) is 11.4. The molecule has 0 spiro atoms. The highest BCUT2D eigenvalue weighted by atomic mass is 32.1. The number of hydrogen-bond donors (Lipinski definition) is 2. The molecule has 0 bridgehead atoms. The number of nitrogens with zero attached hydrogens (tertiary/aromatic N) is 2. The van der Waals surface area contributed by atoms with E-state index in [0.717, 1.165) is 6.42 Å². The van der Waals surface area contributed by atoms with E-state index in [1.807, 2.05) is 19.2 Å². The molecule has 1 unspecified atom stereocenters. The van der Waals surface area contributed by atoms with E-state index < -0.39 is 5.97 Å². The number of rotatable bonds is 6. The lowest BCUT2D eigenvalue weighted by molar-refractivity contribution is -0.139. The summed E-state index contributed by atoms with van der Waals surface area (Å²) in [6.07, 6.45) is 0.832. The quantitative estimate of drug-likeness (QED) is 0.846. The van der Waals surface area contributed by atoms with E-state index in [0.29, 0.717) is 22.6 Å². The molecular weight excluding hydrogens is 278 g/mol. The number of aromatic nitrogens is 2. The van der Waals surface area contributed by atoms with Crippen molar-refractivity contribution in [1.82, 2.24) is 14.9 Å². The summed E-state index contributed by atoms with van der Waals surface area (Å²) < 4.78 is 0.599. The first-order chi connectivity index (χ1) is 9.51. The predicted molar refractivity (Wildman–Crippen MR) is 78.0 cm³/mol. The highest BCUT2D eigenvalue weighted by Crippen LogP contribution is 2.15. The van der Waals surface area contributed by atoms with Gasteiger partial charge in [-0.15, -0.1) is 11.3 Å². The normalized spacial score (nSPS) is 12.9. The van der Waals surface area contributed by atoms with Crippen LogP contribution in [0.1, 0.15) is 26.1 Å². The first-order valence-electron chi connectivity index (χ1n) is 6.43. The molecule has 0 aliphatic heterocycles. The number of carbonyl (C=O) groups is 1. The third-order valence-electron chi connectivity index (χ3n) is 3.27. The molecule has 0 saturated carbocycles. The van der Waals surface area contributed by atoms with Crippen LogP contribution in [-0.2, 0) is 11.3 Å². The average molecular weight is 295 g/mol. The van der Waals surface area contributed by atoms with Crippen molar-refractivity contribution in [2.45, 2.75) is 32.9 Å². The van der Waals surface area contributed by atoms with Gasteiger partial charge in [-0.05, 0) is 24.8 Å². The molecule has 2 N–H and O–H groups in total. The summed E-state index contributed by atoms with van der Waals surface area (Å²) in [6, 6.07) is 1.90. The Morgan fingerprint density at radius 2 is 2.35 bits per heavy atom. The molecule has 20 heavy (non-hydrogen) atoms. The summed E-state index contributed by atoms with van der Waals surface area (Å²) in [5.41, 5.74) is 0.493. The first kappa shape index (κ1) is 14.7. The summed E-state index contributed by atoms with van der Waals surface area (Å²) in [4.78, 5) is 31.7. The Balaban J connectivity index is 2.27. The molecule has 0 amide bonds. The predicted octanol–water partition coefficient (Wildman–Crippen LogP) is 1.67. The number of carboxylic acid groups (broad SMARTS) is 1.